The normalized spacial score (nSPS) is 30.3. The Labute approximate surface area is 116 Å². The van der Waals surface area contributed by atoms with Gasteiger partial charge >= 0.3 is 0 Å². The van der Waals surface area contributed by atoms with E-state index in [0.29, 0.717) is 11.5 Å². The predicted octanol–water partition coefficient (Wildman–Crippen LogP) is 3.92. The summed E-state index contributed by atoms with van der Waals surface area (Å²) in [5, 5.41) is 3.77. The largest absolute Gasteiger partial charge is 0.487 e. The van der Waals surface area contributed by atoms with Gasteiger partial charge in [-0.05, 0) is 44.2 Å². The van der Waals surface area contributed by atoms with E-state index in [9.17, 15) is 0 Å². The Morgan fingerprint density at radius 2 is 1.84 bits per heavy atom. The molecule has 2 atom stereocenters. The minimum absolute atomic E-state index is 0.0783. The molecule has 104 valence electrons. The second-order valence-corrected chi connectivity index (χ2v) is 7.45. The first-order valence-electron chi connectivity index (χ1n) is 7.39. The lowest BCUT2D eigenvalue weighted by Gasteiger charge is -2.38. The monoisotopic (exact) mass is 259 g/mol. The molecule has 1 saturated carbocycles. The molecule has 2 aliphatic rings. The highest BCUT2D eigenvalue weighted by Gasteiger charge is 2.45. The van der Waals surface area contributed by atoms with Crippen LogP contribution in [-0.4, -0.2) is 12.1 Å². The van der Waals surface area contributed by atoms with Gasteiger partial charge in [-0.25, -0.2) is 0 Å². The molecule has 1 aliphatic heterocycles. The molecule has 0 spiro atoms. The fourth-order valence-electron chi connectivity index (χ4n) is 3.19. The summed E-state index contributed by atoms with van der Waals surface area (Å²) in [5.41, 5.74) is 1.79. The zero-order chi connectivity index (χ0) is 13.7. The lowest BCUT2D eigenvalue weighted by Crippen LogP contribution is -2.40. The molecule has 1 fully saturated rings. The minimum atomic E-state index is -0.0783. The van der Waals surface area contributed by atoms with E-state index in [2.05, 4.69) is 57.3 Å². The summed E-state index contributed by atoms with van der Waals surface area (Å²) in [4.78, 5) is 0. The molecule has 1 aliphatic carbocycles. The molecule has 19 heavy (non-hydrogen) atoms. The topological polar surface area (TPSA) is 21.3 Å². The van der Waals surface area contributed by atoms with Crippen molar-refractivity contribution < 1.29 is 4.74 Å². The number of benzene rings is 1. The molecule has 0 amide bonds. The Balaban J connectivity index is 1.73. The van der Waals surface area contributed by atoms with Crippen molar-refractivity contribution in [3.63, 3.8) is 0 Å². The summed E-state index contributed by atoms with van der Waals surface area (Å²) in [6.45, 7) is 10.2. The lowest BCUT2D eigenvalue weighted by molar-refractivity contribution is 0.0657. The van der Waals surface area contributed by atoms with Gasteiger partial charge in [0, 0.05) is 18.0 Å². The molecule has 3 rings (SSSR count). The molecule has 2 unspecified atom stereocenters. The zero-order valence-corrected chi connectivity index (χ0v) is 12.5. The van der Waals surface area contributed by atoms with Crippen LogP contribution in [0.15, 0.2) is 24.3 Å². The van der Waals surface area contributed by atoms with E-state index in [1.165, 1.54) is 12.0 Å². The van der Waals surface area contributed by atoms with Gasteiger partial charge in [-0.1, -0.05) is 32.0 Å². The van der Waals surface area contributed by atoms with Gasteiger partial charge in [0.05, 0.1) is 0 Å². The van der Waals surface area contributed by atoms with Crippen LogP contribution in [0.2, 0.25) is 0 Å². The van der Waals surface area contributed by atoms with E-state index in [-0.39, 0.29) is 5.60 Å². The fourth-order valence-corrected chi connectivity index (χ4v) is 3.19. The summed E-state index contributed by atoms with van der Waals surface area (Å²) in [7, 11) is 0. The Hall–Kier alpha value is -1.02. The molecule has 2 heteroatoms. The number of nitrogens with one attached hydrogen (secondary N) is 1. The Bertz CT molecular complexity index is 478. The molecule has 0 aromatic heterocycles. The molecule has 1 aromatic rings. The van der Waals surface area contributed by atoms with Gasteiger partial charge in [-0.2, -0.15) is 0 Å². The lowest BCUT2D eigenvalue weighted by atomic mass is 9.89. The van der Waals surface area contributed by atoms with E-state index in [4.69, 9.17) is 4.74 Å². The first kappa shape index (κ1) is 13.0. The van der Waals surface area contributed by atoms with Crippen LogP contribution in [0, 0.1) is 11.3 Å². The standard InChI is InChI=1S/C17H25NO/c1-16(2)9-12(16)11-18-14-10-17(3,4)19-15-8-6-5-7-13(14)15/h5-8,12,14,18H,9-11H2,1-4H3. The van der Waals surface area contributed by atoms with Crippen molar-refractivity contribution in [2.75, 3.05) is 6.54 Å². The third-order valence-corrected chi connectivity index (χ3v) is 4.70. The molecular formula is C17H25NO. The Morgan fingerprint density at radius 3 is 2.53 bits per heavy atom. The maximum Gasteiger partial charge on any atom is 0.124 e. The van der Waals surface area contributed by atoms with E-state index in [1.54, 1.807) is 0 Å². The first-order chi connectivity index (χ1) is 8.87. The van der Waals surface area contributed by atoms with Crippen LogP contribution in [0.3, 0.4) is 0 Å². The Morgan fingerprint density at radius 1 is 1.16 bits per heavy atom. The third kappa shape index (κ3) is 2.64. The van der Waals surface area contributed by atoms with Crippen LogP contribution >= 0.6 is 0 Å². The molecular weight excluding hydrogens is 234 g/mol. The smallest absolute Gasteiger partial charge is 0.124 e. The van der Waals surface area contributed by atoms with Gasteiger partial charge in [-0.3, -0.25) is 0 Å². The highest BCUT2D eigenvalue weighted by molar-refractivity contribution is 5.38. The van der Waals surface area contributed by atoms with Crippen LogP contribution in [-0.2, 0) is 0 Å². The van der Waals surface area contributed by atoms with Crippen molar-refractivity contribution >= 4 is 0 Å². The van der Waals surface area contributed by atoms with E-state index in [1.807, 2.05) is 0 Å². The van der Waals surface area contributed by atoms with Crippen molar-refractivity contribution in [2.45, 2.75) is 52.2 Å². The average molecular weight is 259 g/mol. The molecule has 1 N–H and O–H groups in total. The highest BCUT2D eigenvalue weighted by Crippen LogP contribution is 2.51. The average Bonchev–Trinajstić information content (AvgIpc) is 2.92. The van der Waals surface area contributed by atoms with Gasteiger partial charge in [0.1, 0.15) is 11.4 Å². The first-order valence-corrected chi connectivity index (χ1v) is 7.39. The number of rotatable bonds is 3. The van der Waals surface area contributed by atoms with E-state index >= 15 is 0 Å². The SMILES string of the molecule is CC1(C)CC(NCC2CC2(C)C)c2ccccc2O1. The zero-order valence-electron chi connectivity index (χ0n) is 12.5. The van der Waals surface area contributed by atoms with Crippen molar-refractivity contribution in [1.29, 1.82) is 0 Å². The van der Waals surface area contributed by atoms with E-state index < -0.39 is 0 Å². The minimum Gasteiger partial charge on any atom is -0.487 e. The number of hydrogen-bond acceptors (Lipinski definition) is 2. The quantitative estimate of drug-likeness (QED) is 0.888. The number of ether oxygens (including phenoxy) is 1. The molecule has 0 saturated heterocycles. The summed E-state index contributed by atoms with van der Waals surface area (Å²) >= 11 is 0. The van der Waals surface area contributed by atoms with Crippen LogP contribution in [0.5, 0.6) is 5.75 Å². The van der Waals surface area contributed by atoms with Crippen molar-refractivity contribution in [3.8, 4) is 5.75 Å². The van der Waals surface area contributed by atoms with Gasteiger partial charge in [-0.15, -0.1) is 0 Å². The van der Waals surface area contributed by atoms with Gasteiger partial charge < -0.3 is 10.1 Å². The summed E-state index contributed by atoms with van der Waals surface area (Å²) in [5.74, 6) is 1.89. The van der Waals surface area contributed by atoms with Crippen LogP contribution in [0.4, 0.5) is 0 Å². The molecule has 1 aromatic carbocycles. The van der Waals surface area contributed by atoms with Gasteiger partial charge in [0.15, 0.2) is 0 Å². The molecule has 0 radical (unpaired) electrons. The maximum absolute atomic E-state index is 6.07. The highest BCUT2D eigenvalue weighted by atomic mass is 16.5. The van der Waals surface area contributed by atoms with Crippen LogP contribution < -0.4 is 10.1 Å². The van der Waals surface area contributed by atoms with Crippen LogP contribution in [0.1, 0.15) is 52.1 Å². The van der Waals surface area contributed by atoms with Gasteiger partial charge in [0.2, 0.25) is 0 Å². The van der Waals surface area contributed by atoms with Gasteiger partial charge in [0.25, 0.3) is 0 Å². The number of para-hydroxylation sites is 1. The number of fused-ring (bicyclic) bond motifs is 1. The maximum atomic E-state index is 6.07. The molecule has 2 nitrogen and oxygen atoms in total. The van der Waals surface area contributed by atoms with Crippen LogP contribution in [0.25, 0.3) is 0 Å². The van der Waals surface area contributed by atoms with Crippen molar-refractivity contribution in [1.82, 2.24) is 5.32 Å². The van der Waals surface area contributed by atoms with Crippen molar-refractivity contribution in [2.24, 2.45) is 11.3 Å². The second-order valence-electron chi connectivity index (χ2n) is 7.45. The van der Waals surface area contributed by atoms with Crippen molar-refractivity contribution in [3.05, 3.63) is 29.8 Å². The van der Waals surface area contributed by atoms with E-state index in [0.717, 1.165) is 24.6 Å². The summed E-state index contributed by atoms with van der Waals surface area (Å²) in [6.07, 6.45) is 2.39. The Kier molecular flexibility index (Phi) is 2.90. The second kappa shape index (κ2) is 4.24. The third-order valence-electron chi connectivity index (χ3n) is 4.70. The predicted molar refractivity (Wildman–Crippen MR) is 78.4 cm³/mol. The molecule has 0 bridgehead atoms. The summed E-state index contributed by atoms with van der Waals surface area (Å²) in [6, 6.07) is 8.88. The number of hydrogen-bond donors (Lipinski definition) is 1. The molecule has 1 heterocycles. The summed E-state index contributed by atoms with van der Waals surface area (Å²) < 4.78 is 6.07. The fraction of sp³-hybridized carbons (Fsp3) is 0.647.